The molecule has 1 fully saturated rings. The van der Waals surface area contributed by atoms with Gasteiger partial charge >= 0.3 is 12.1 Å². The number of carbonyl (C=O) groups is 3. The van der Waals surface area contributed by atoms with Crippen molar-refractivity contribution < 1.29 is 32.3 Å². The Bertz CT molecular complexity index is 1260. The highest BCUT2D eigenvalue weighted by Crippen LogP contribution is 2.42. The zero-order chi connectivity index (χ0) is 28.0. The van der Waals surface area contributed by atoms with Crippen LogP contribution in [0.3, 0.4) is 0 Å². The molecule has 2 aromatic rings. The molecular formula is C26H32F3N5O4. The molecule has 9 nitrogen and oxygen atoms in total. The van der Waals surface area contributed by atoms with Crippen molar-refractivity contribution in [1.29, 1.82) is 0 Å². The number of ether oxygens (including phenoxy) is 1. The van der Waals surface area contributed by atoms with E-state index in [1.54, 1.807) is 6.92 Å². The van der Waals surface area contributed by atoms with Gasteiger partial charge in [-0.05, 0) is 62.6 Å². The number of halogens is 3. The third kappa shape index (κ3) is 5.69. The second-order valence-electron chi connectivity index (χ2n) is 11.0. The molecule has 38 heavy (non-hydrogen) atoms. The van der Waals surface area contributed by atoms with Crippen LogP contribution in [0.4, 0.5) is 18.9 Å². The third-order valence-electron chi connectivity index (χ3n) is 7.02. The van der Waals surface area contributed by atoms with Gasteiger partial charge in [0.2, 0.25) is 0 Å². The lowest BCUT2D eigenvalue weighted by Gasteiger charge is -2.31. The van der Waals surface area contributed by atoms with Crippen LogP contribution in [0.2, 0.25) is 0 Å². The number of esters is 1. The number of hydrogen-bond acceptors (Lipinski definition) is 7. The molecule has 1 aromatic heterocycles. The maximum absolute atomic E-state index is 13.8. The topological polar surface area (TPSA) is 142 Å². The molecule has 1 saturated carbocycles. The average Bonchev–Trinajstić information content (AvgIpc) is 3.19. The molecule has 0 radical (unpaired) electrons. The predicted molar refractivity (Wildman–Crippen MR) is 133 cm³/mol. The number of rotatable bonds is 6. The molecule has 1 heterocycles. The number of primary amides is 1. The van der Waals surface area contributed by atoms with Crippen LogP contribution in [-0.2, 0) is 22.1 Å². The van der Waals surface area contributed by atoms with Crippen molar-refractivity contribution >= 4 is 23.3 Å². The van der Waals surface area contributed by atoms with E-state index in [1.807, 2.05) is 13.8 Å². The summed E-state index contributed by atoms with van der Waals surface area (Å²) in [5, 5.41) is 7.12. The predicted octanol–water partition coefficient (Wildman–Crippen LogP) is 3.76. The maximum atomic E-state index is 13.8. The highest BCUT2D eigenvalue weighted by Gasteiger charge is 2.45. The number of Topliss-reactive ketones (excluding diaryl/α,β-unsaturated/α-hetero) is 1. The molecule has 206 valence electrons. The number of benzene rings is 1. The Morgan fingerprint density at radius 1 is 1.18 bits per heavy atom. The van der Waals surface area contributed by atoms with E-state index < -0.39 is 46.6 Å². The van der Waals surface area contributed by atoms with E-state index >= 15 is 0 Å². The number of ketones is 1. The Morgan fingerprint density at radius 3 is 2.42 bits per heavy atom. The van der Waals surface area contributed by atoms with Crippen molar-refractivity contribution in [2.24, 2.45) is 16.9 Å². The minimum atomic E-state index is -4.80. The van der Waals surface area contributed by atoms with Crippen LogP contribution in [-0.4, -0.2) is 45.6 Å². The van der Waals surface area contributed by atoms with Gasteiger partial charge in [0, 0.05) is 18.2 Å². The molecule has 1 amide bonds. The summed E-state index contributed by atoms with van der Waals surface area (Å²) in [5.41, 5.74) is 9.98. The minimum absolute atomic E-state index is 0.00955. The van der Waals surface area contributed by atoms with Crippen LogP contribution in [0.5, 0.6) is 0 Å². The van der Waals surface area contributed by atoms with E-state index in [0.29, 0.717) is 31.4 Å². The molecule has 5 N–H and O–H groups in total. The number of hydrogen-bond donors (Lipinski definition) is 3. The van der Waals surface area contributed by atoms with Crippen molar-refractivity contribution in [3.63, 3.8) is 0 Å². The third-order valence-corrected chi connectivity index (χ3v) is 7.02. The molecule has 1 aromatic carbocycles. The number of anilines is 1. The fraction of sp³-hybridized carbons (Fsp3) is 0.538. The molecular weight excluding hydrogens is 503 g/mol. The first kappa shape index (κ1) is 27.6. The molecule has 2 aliphatic rings. The number of nitrogens with zero attached hydrogens (tertiary/aromatic N) is 2. The largest absolute Gasteiger partial charge is 0.461 e. The fourth-order valence-electron chi connectivity index (χ4n) is 5.17. The molecule has 0 spiro atoms. The van der Waals surface area contributed by atoms with Gasteiger partial charge in [0.15, 0.2) is 11.5 Å². The van der Waals surface area contributed by atoms with Crippen LogP contribution in [0.25, 0.3) is 5.69 Å². The smallest absolute Gasteiger partial charge is 0.435 e. The Kier molecular flexibility index (Phi) is 7.30. The molecule has 1 unspecified atom stereocenters. The molecule has 2 aliphatic carbocycles. The van der Waals surface area contributed by atoms with Crippen LogP contribution < -0.4 is 16.8 Å². The Labute approximate surface area is 218 Å². The zero-order valence-electron chi connectivity index (χ0n) is 21.5. The van der Waals surface area contributed by atoms with Crippen LogP contribution in [0.1, 0.15) is 85.0 Å². The number of fused-ring (bicyclic) bond motifs is 1. The van der Waals surface area contributed by atoms with Gasteiger partial charge in [-0.15, -0.1) is 0 Å². The lowest BCUT2D eigenvalue weighted by Crippen LogP contribution is -2.36. The number of aromatic nitrogens is 2. The summed E-state index contributed by atoms with van der Waals surface area (Å²) < 4.78 is 48.1. The maximum Gasteiger partial charge on any atom is 0.435 e. The summed E-state index contributed by atoms with van der Waals surface area (Å²) >= 11 is 0. The first-order valence-corrected chi connectivity index (χ1v) is 12.6. The average molecular weight is 536 g/mol. The van der Waals surface area contributed by atoms with E-state index in [4.69, 9.17) is 16.2 Å². The molecule has 1 atom stereocenters. The number of carbonyl (C=O) groups excluding carboxylic acids is 3. The minimum Gasteiger partial charge on any atom is -0.461 e. The summed E-state index contributed by atoms with van der Waals surface area (Å²) in [6.45, 7) is 5.20. The second-order valence-corrected chi connectivity index (χ2v) is 11.0. The number of amides is 1. The molecule has 0 bridgehead atoms. The van der Waals surface area contributed by atoms with E-state index in [9.17, 15) is 27.6 Å². The van der Waals surface area contributed by atoms with Crippen molar-refractivity contribution in [2.75, 3.05) is 5.32 Å². The first-order chi connectivity index (χ1) is 17.7. The monoisotopic (exact) mass is 535 g/mol. The molecule has 0 saturated heterocycles. The van der Waals surface area contributed by atoms with Crippen molar-refractivity contribution in [3.05, 3.63) is 40.7 Å². The van der Waals surface area contributed by atoms with Crippen LogP contribution in [0.15, 0.2) is 18.2 Å². The lowest BCUT2D eigenvalue weighted by atomic mass is 9.75. The lowest BCUT2D eigenvalue weighted by molar-refractivity contribution is -0.151. The van der Waals surface area contributed by atoms with Crippen LogP contribution in [0, 0.1) is 5.41 Å². The van der Waals surface area contributed by atoms with E-state index in [2.05, 4.69) is 10.4 Å². The molecule has 12 heteroatoms. The van der Waals surface area contributed by atoms with Gasteiger partial charge in [0.1, 0.15) is 12.1 Å². The van der Waals surface area contributed by atoms with Gasteiger partial charge in [0.05, 0.1) is 22.5 Å². The Morgan fingerprint density at radius 2 is 1.84 bits per heavy atom. The number of nitrogens with one attached hydrogen (secondary N) is 1. The fourth-order valence-corrected chi connectivity index (χ4v) is 5.17. The second kappa shape index (κ2) is 10.0. The normalized spacial score (nSPS) is 21.9. The van der Waals surface area contributed by atoms with E-state index in [0.717, 1.165) is 4.68 Å². The summed E-state index contributed by atoms with van der Waals surface area (Å²) in [6, 6.07) is 3.63. The van der Waals surface area contributed by atoms with Gasteiger partial charge in [-0.3, -0.25) is 14.4 Å². The van der Waals surface area contributed by atoms with Crippen molar-refractivity contribution in [3.8, 4) is 5.69 Å². The Hall–Kier alpha value is -3.41. The van der Waals surface area contributed by atoms with Gasteiger partial charge in [-0.1, -0.05) is 13.8 Å². The SMILES string of the molecule is CC(N)C(=O)O[C@H]1CC[C@H](Nc2cc(-n3nc(C(F)(F)F)c4c3CC(C)(C)CC4=O)ccc2C(N)=O)CC1. The van der Waals surface area contributed by atoms with E-state index in [-0.39, 0.29) is 41.9 Å². The van der Waals surface area contributed by atoms with Gasteiger partial charge in [0.25, 0.3) is 5.91 Å². The summed E-state index contributed by atoms with van der Waals surface area (Å²) in [7, 11) is 0. The quantitative estimate of drug-likeness (QED) is 0.478. The van der Waals surface area contributed by atoms with Gasteiger partial charge in [-0.25, -0.2) is 4.68 Å². The number of nitrogens with two attached hydrogens (primary N) is 2. The standard InChI is InChI=1S/C26H32F3N5O4/c1-13(30)24(37)38-16-7-4-14(5-8-16)32-18-10-15(6-9-17(18)23(31)36)34-19-11-25(2,3)12-20(35)21(19)22(33-34)26(27,28)29/h6,9-10,13-14,16,32H,4-5,7-8,11-12,30H2,1-3H3,(H2,31,36)/t13?,14-,16-. The Balaban J connectivity index is 1.65. The first-order valence-electron chi connectivity index (χ1n) is 12.6. The highest BCUT2D eigenvalue weighted by molar-refractivity contribution is 6.00. The van der Waals surface area contributed by atoms with Gasteiger partial charge < -0.3 is 21.5 Å². The van der Waals surface area contributed by atoms with Gasteiger partial charge in [-0.2, -0.15) is 18.3 Å². The summed E-state index contributed by atoms with van der Waals surface area (Å²) in [5.74, 6) is -1.76. The zero-order valence-corrected chi connectivity index (χ0v) is 21.5. The van der Waals surface area contributed by atoms with Crippen molar-refractivity contribution in [2.45, 2.75) is 83.7 Å². The molecule has 4 rings (SSSR count). The van der Waals surface area contributed by atoms with E-state index in [1.165, 1.54) is 18.2 Å². The number of alkyl halides is 3. The van der Waals surface area contributed by atoms with Crippen LogP contribution >= 0.6 is 0 Å². The summed E-state index contributed by atoms with van der Waals surface area (Å²) in [4.78, 5) is 36.7. The van der Waals surface area contributed by atoms with Crippen molar-refractivity contribution in [1.82, 2.24) is 9.78 Å². The molecule has 0 aliphatic heterocycles. The highest BCUT2D eigenvalue weighted by atomic mass is 19.4. The summed E-state index contributed by atoms with van der Waals surface area (Å²) in [6.07, 6.45) is -2.43.